The van der Waals surface area contributed by atoms with Crippen molar-refractivity contribution in [2.24, 2.45) is 5.92 Å². The van der Waals surface area contributed by atoms with Gasteiger partial charge in [0.15, 0.2) is 5.82 Å². The first-order valence-electron chi connectivity index (χ1n) is 7.55. The van der Waals surface area contributed by atoms with Gasteiger partial charge in [0.1, 0.15) is 5.52 Å². The van der Waals surface area contributed by atoms with E-state index in [1.807, 2.05) is 44.2 Å². The molecule has 1 aromatic carbocycles. The van der Waals surface area contributed by atoms with E-state index in [9.17, 15) is 5.11 Å². The van der Waals surface area contributed by atoms with Gasteiger partial charge in [0.05, 0.1) is 22.8 Å². The van der Waals surface area contributed by atoms with Gasteiger partial charge in [-0.3, -0.25) is 0 Å². The maximum absolute atomic E-state index is 10.7. The molecule has 0 aliphatic carbocycles. The molecule has 5 nitrogen and oxygen atoms in total. The van der Waals surface area contributed by atoms with Crippen molar-refractivity contribution in [2.45, 2.75) is 26.0 Å². The van der Waals surface area contributed by atoms with Gasteiger partial charge in [0, 0.05) is 12.4 Å². The molecule has 120 valence electrons. The van der Waals surface area contributed by atoms with E-state index in [4.69, 9.17) is 0 Å². The Hall–Kier alpha value is -1.92. The number of aliphatic hydroxyl groups excluding tert-OH is 1. The molecule has 3 aromatic rings. The summed E-state index contributed by atoms with van der Waals surface area (Å²) >= 11 is 3.50. The molecule has 0 aliphatic rings. The molecule has 2 atom stereocenters. The van der Waals surface area contributed by atoms with Crippen molar-refractivity contribution in [1.29, 1.82) is 0 Å². The number of benzene rings is 1. The Morgan fingerprint density at radius 3 is 2.65 bits per heavy atom. The summed E-state index contributed by atoms with van der Waals surface area (Å²) < 4.78 is 2.61. The number of anilines is 1. The average Bonchev–Trinajstić information content (AvgIpc) is 2.95. The van der Waals surface area contributed by atoms with E-state index in [0.29, 0.717) is 5.82 Å². The molecule has 3 rings (SSSR count). The molecule has 0 spiro atoms. The van der Waals surface area contributed by atoms with E-state index in [-0.39, 0.29) is 12.0 Å². The Labute approximate surface area is 143 Å². The van der Waals surface area contributed by atoms with Crippen LogP contribution in [-0.4, -0.2) is 25.8 Å². The van der Waals surface area contributed by atoms with Gasteiger partial charge in [-0.05, 0) is 27.4 Å². The first kappa shape index (κ1) is 16.0. The van der Waals surface area contributed by atoms with Gasteiger partial charge in [-0.1, -0.05) is 44.2 Å². The predicted octanol–water partition coefficient (Wildman–Crippen LogP) is 3.66. The van der Waals surface area contributed by atoms with Crippen molar-refractivity contribution < 1.29 is 5.11 Å². The topological polar surface area (TPSA) is 62.5 Å². The van der Waals surface area contributed by atoms with Crippen LogP contribution in [-0.2, 0) is 0 Å². The summed E-state index contributed by atoms with van der Waals surface area (Å²) in [5.41, 5.74) is 1.87. The van der Waals surface area contributed by atoms with E-state index in [1.54, 1.807) is 23.1 Å². The van der Waals surface area contributed by atoms with E-state index >= 15 is 0 Å². The van der Waals surface area contributed by atoms with Gasteiger partial charge in [0.25, 0.3) is 0 Å². The molecular formula is C17H19BrN4O. The SMILES string of the molecule is CC(C)C(O)C(Nc1nccn2ncc(Br)c12)c1ccccc1. The lowest BCUT2D eigenvalue weighted by atomic mass is 9.93. The molecule has 2 aromatic heterocycles. The van der Waals surface area contributed by atoms with Crippen LogP contribution in [0.2, 0.25) is 0 Å². The van der Waals surface area contributed by atoms with Crippen molar-refractivity contribution in [3.8, 4) is 0 Å². The first-order chi connectivity index (χ1) is 11.1. The lowest BCUT2D eigenvalue weighted by molar-refractivity contribution is 0.105. The van der Waals surface area contributed by atoms with Crippen molar-refractivity contribution in [3.63, 3.8) is 0 Å². The largest absolute Gasteiger partial charge is 0.390 e. The molecule has 0 amide bonds. The normalized spacial score (nSPS) is 14.1. The number of fused-ring (bicyclic) bond motifs is 1. The number of aromatic nitrogens is 3. The molecule has 0 saturated carbocycles. The van der Waals surface area contributed by atoms with Crippen molar-refractivity contribution in [2.75, 3.05) is 5.32 Å². The van der Waals surface area contributed by atoms with Crippen LogP contribution in [0, 0.1) is 5.92 Å². The minimum Gasteiger partial charge on any atom is -0.390 e. The second kappa shape index (κ2) is 6.68. The zero-order valence-electron chi connectivity index (χ0n) is 13.0. The van der Waals surface area contributed by atoms with E-state index in [2.05, 4.69) is 31.3 Å². The minimum absolute atomic E-state index is 0.112. The van der Waals surface area contributed by atoms with E-state index in [0.717, 1.165) is 15.6 Å². The highest BCUT2D eigenvalue weighted by molar-refractivity contribution is 9.10. The Balaban J connectivity index is 2.02. The van der Waals surface area contributed by atoms with Crippen LogP contribution in [0.4, 0.5) is 5.82 Å². The van der Waals surface area contributed by atoms with Gasteiger partial charge in [-0.2, -0.15) is 5.10 Å². The Bertz CT molecular complexity index is 788. The number of nitrogens with zero attached hydrogens (tertiary/aromatic N) is 3. The van der Waals surface area contributed by atoms with E-state index in [1.165, 1.54) is 0 Å². The Kier molecular flexibility index (Phi) is 4.63. The smallest absolute Gasteiger partial charge is 0.153 e. The molecule has 2 unspecified atom stereocenters. The number of hydrogen-bond acceptors (Lipinski definition) is 4. The zero-order valence-corrected chi connectivity index (χ0v) is 14.6. The summed E-state index contributed by atoms with van der Waals surface area (Å²) in [6.45, 7) is 4.01. The van der Waals surface area contributed by atoms with Crippen molar-refractivity contribution in [3.05, 3.63) is 59.0 Å². The summed E-state index contributed by atoms with van der Waals surface area (Å²) in [5.74, 6) is 0.797. The van der Waals surface area contributed by atoms with Crippen molar-refractivity contribution >= 4 is 27.3 Å². The predicted molar refractivity (Wildman–Crippen MR) is 94.3 cm³/mol. The second-order valence-corrected chi connectivity index (χ2v) is 6.68. The number of rotatable bonds is 5. The number of halogens is 1. The summed E-state index contributed by atoms with van der Waals surface area (Å²) in [4.78, 5) is 4.43. The van der Waals surface area contributed by atoms with Crippen LogP contribution in [0.3, 0.4) is 0 Å². The molecule has 2 heterocycles. The summed E-state index contributed by atoms with van der Waals surface area (Å²) in [7, 11) is 0. The maximum Gasteiger partial charge on any atom is 0.153 e. The molecule has 0 bridgehead atoms. The van der Waals surface area contributed by atoms with Crippen molar-refractivity contribution in [1.82, 2.24) is 14.6 Å². The highest BCUT2D eigenvalue weighted by Crippen LogP contribution is 2.30. The third-order valence-electron chi connectivity index (χ3n) is 3.86. The van der Waals surface area contributed by atoms with Crippen LogP contribution in [0.25, 0.3) is 5.52 Å². The molecule has 0 fully saturated rings. The van der Waals surface area contributed by atoms with Gasteiger partial charge in [0.2, 0.25) is 0 Å². The highest BCUT2D eigenvalue weighted by atomic mass is 79.9. The minimum atomic E-state index is -0.541. The lowest BCUT2D eigenvalue weighted by Crippen LogP contribution is -2.30. The average molecular weight is 375 g/mol. The quantitative estimate of drug-likeness (QED) is 0.715. The third kappa shape index (κ3) is 3.23. The highest BCUT2D eigenvalue weighted by Gasteiger charge is 2.25. The van der Waals surface area contributed by atoms with Gasteiger partial charge in [-0.15, -0.1) is 0 Å². The number of nitrogens with one attached hydrogen (secondary N) is 1. The number of hydrogen-bond donors (Lipinski definition) is 2. The molecule has 2 N–H and O–H groups in total. The summed E-state index contributed by atoms with van der Waals surface area (Å²) in [6, 6.07) is 9.68. The van der Waals surface area contributed by atoms with Crippen LogP contribution < -0.4 is 5.32 Å². The monoisotopic (exact) mass is 374 g/mol. The zero-order chi connectivity index (χ0) is 16.4. The third-order valence-corrected chi connectivity index (χ3v) is 4.44. The summed E-state index contributed by atoms with van der Waals surface area (Å²) in [6.07, 6.45) is 4.68. The fourth-order valence-corrected chi connectivity index (χ4v) is 3.03. The van der Waals surface area contributed by atoms with Gasteiger partial charge < -0.3 is 10.4 Å². The molecule has 6 heteroatoms. The standard InChI is InChI=1S/C17H19BrN4O/c1-11(2)16(23)14(12-6-4-3-5-7-12)21-17-15-13(18)10-20-22(15)9-8-19-17/h3-11,14,16,23H,1-2H3,(H,19,21). The van der Waals surface area contributed by atoms with Crippen LogP contribution >= 0.6 is 15.9 Å². The van der Waals surface area contributed by atoms with Crippen LogP contribution in [0.5, 0.6) is 0 Å². The number of aliphatic hydroxyl groups is 1. The Morgan fingerprint density at radius 1 is 1.22 bits per heavy atom. The first-order valence-corrected chi connectivity index (χ1v) is 8.34. The fraction of sp³-hybridized carbons (Fsp3) is 0.294. The van der Waals surface area contributed by atoms with Crippen LogP contribution in [0.15, 0.2) is 53.4 Å². The summed E-state index contributed by atoms with van der Waals surface area (Å²) in [5, 5.41) is 18.3. The molecule has 0 saturated heterocycles. The molecular weight excluding hydrogens is 356 g/mol. The lowest BCUT2D eigenvalue weighted by Gasteiger charge is -2.28. The van der Waals surface area contributed by atoms with Gasteiger partial charge >= 0.3 is 0 Å². The second-order valence-electron chi connectivity index (χ2n) is 5.83. The fourth-order valence-electron chi connectivity index (χ4n) is 2.57. The molecule has 0 aliphatic heterocycles. The molecule has 0 radical (unpaired) electrons. The van der Waals surface area contributed by atoms with Crippen LogP contribution in [0.1, 0.15) is 25.5 Å². The van der Waals surface area contributed by atoms with Gasteiger partial charge in [-0.25, -0.2) is 9.50 Å². The maximum atomic E-state index is 10.7. The molecule has 23 heavy (non-hydrogen) atoms. The Morgan fingerprint density at radius 2 is 1.96 bits per heavy atom. The van der Waals surface area contributed by atoms with E-state index < -0.39 is 6.10 Å².